The summed E-state index contributed by atoms with van der Waals surface area (Å²) in [4.78, 5) is 0. The topological polar surface area (TPSA) is 0 Å². The molecule has 1 spiro atoms. The van der Waals surface area contributed by atoms with Gasteiger partial charge in [-0.2, -0.15) is 0 Å². The van der Waals surface area contributed by atoms with Crippen LogP contribution in [0.5, 0.6) is 0 Å². The van der Waals surface area contributed by atoms with Gasteiger partial charge >= 0.3 is 0 Å². The van der Waals surface area contributed by atoms with Crippen LogP contribution in [-0.2, 0) is 0 Å². The Morgan fingerprint density at radius 1 is 1.00 bits per heavy atom. The van der Waals surface area contributed by atoms with Crippen molar-refractivity contribution in [3.05, 3.63) is 0 Å². The fraction of sp³-hybridized carbons (Fsp3) is 1.00. The lowest BCUT2D eigenvalue weighted by molar-refractivity contribution is 0.186. The van der Waals surface area contributed by atoms with Gasteiger partial charge in [0.15, 0.2) is 0 Å². The van der Waals surface area contributed by atoms with E-state index < -0.39 is 0 Å². The van der Waals surface area contributed by atoms with E-state index >= 15 is 0 Å². The Morgan fingerprint density at radius 2 is 1.68 bits per heavy atom. The smallest absolute Gasteiger partial charge is 0.0152 e. The molecule has 2 aliphatic carbocycles. The SMILES string of the molecule is CCPC1C(CC)CC(C)CCC12CCCCCC2. The summed E-state index contributed by atoms with van der Waals surface area (Å²) in [5.74, 6) is 2.02. The number of hydrogen-bond acceptors (Lipinski definition) is 0. The fourth-order valence-corrected chi connectivity index (χ4v) is 6.97. The molecule has 0 aliphatic heterocycles. The Hall–Kier alpha value is 0.430. The van der Waals surface area contributed by atoms with E-state index in [1.54, 1.807) is 19.3 Å². The molecule has 0 aromatic carbocycles. The molecular formula is C18H35P. The van der Waals surface area contributed by atoms with Crippen molar-refractivity contribution < 1.29 is 0 Å². The van der Waals surface area contributed by atoms with Crippen LogP contribution in [0.15, 0.2) is 0 Å². The van der Waals surface area contributed by atoms with Gasteiger partial charge in [0.2, 0.25) is 0 Å². The van der Waals surface area contributed by atoms with E-state index in [1.807, 2.05) is 0 Å². The molecule has 112 valence electrons. The van der Waals surface area contributed by atoms with Gasteiger partial charge in [-0.15, -0.1) is 8.58 Å². The second-order valence-electron chi connectivity index (χ2n) is 7.36. The average molecular weight is 282 g/mol. The third-order valence-corrected chi connectivity index (χ3v) is 7.95. The second-order valence-corrected chi connectivity index (χ2v) is 9.10. The largest absolute Gasteiger partial charge is 0.118 e. The Labute approximate surface area is 123 Å². The maximum atomic E-state index is 2.52. The first-order valence-corrected chi connectivity index (χ1v) is 10.2. The van der Waals surface area contributed by atoms with Gasteiger partial charge in [0.25, 0.3) is 0 Å². The van der Waals surface area contributed by atoms with Crippen LogP contribution in [0.2, 0.25) is 0 Å². The zero-order valence-corrected chi connectivity index (χ0v) is 14.5. The van der Waals surface area contributed by atoms with E-state index in [-0.39, 0.29) is 0 Å². The molecule has 2 fully saturated rings. The Bertz CT molecular complexity index is 252. The van der Waals surface area contributed by atoms with Gasteiger partial charge < -0.3 is 0 Å². The van der Waals surface area contributed by atoms with Crippen LogP contribution in [0.3, 0.4) is 0 Å². The maximum absolute atomic E-state index is 2.52. The van der Waals surface area contributed by atoms with Crippen LogP contribution < -0.4 is 0 Å². The lowest BCUT2D eigenvalue weighted by Gasteiger charge is -2.43. The summed E-state index contributed by atoms with van der Waals surface area (Å²) < 4.78 is 0. The molecular weight excluding hydrogens is 247 g/mol. The summed E-state index contributed by atoms with van der Waals surface area (Å²) in [6, 6.07) is 0. The molecule has 4 atom stereocenters. The van der Waals surface area contributed by atoms with Gasteiger partial charge in [-0.05, 0) is 54.8 Å². The van der Waals surface area contributed by atoms with Gasteiger partial charge in [-0.1, -0.05) is 59.3 Å². The molecule has 0 aromatic rings. The van der Waals surface area contributed by atoms with Crippen molar-refractivity contribution in [2.75, 3.05) is 6.16 Å². The van der Waals surface area contributed by atoms with Crippen molar-refractivity contribution in [2.24, 2.45) is 17.3 Å². The highest BCUT2D eigenvalue weighted by molar-refractivity contribution is 7.38. The minimum atomic E-state index is 0.760. The van der Waals surface area contributed by atoms with Gasteiger partial charge in [-0.3, -0.25) is 0 Å². The van der Waals surface area contributed by atoms with Crippen molar-refractivity contribution in [3.8, 4) is 0 Å². The minimum Gasteiger partial charge on any atom is -0.118 e. The molecule has 0 radical (unpaired) electrons. The summed E-state index contributed by atoms with van der Waals surface area (Å²) >= 11 is 0. The highest BCUT2D eigenvalue weighted by atomic mass is 31.1. The van der Waals surface area contributed by atoms with E-state index in [0.29, 0.717) is 0 Å². The zero-order valence-electron chi connectivity index (χ0n) is 13.5. The number of hydrogen-bond donors (Lipinski definition) is 0. The predicted molar refractivity (Wildman–Crippen MR) is 89.6 cm³/mol. The summed E-state index contributed by atoms with van der Waals surface area (Å²) in [5, 5.41) is 0. The van der Waals surface area contributed by atoms with E-state index in [0.717, 1.165) is 22.9 Å². The molecule has 0 heterocycles. The summed E-state index contributed by atoms with van der Waals surface area (Å²) in [5.41, 5.74) is 1.83. The minimum absolute atomic E-state index is 0.760. The van der Waals surface area contributed by atoms with Crippen molar-refractivity contribution in [1.82, 2.24) is 0 Å². The van der Waals surface area contributed by atoms with Gasteiger partial charge in [-0.25, -0.2) is 0 Å². The van der Waals surface area contributed by atoms with Gasteiger partial charge in [0, 0.05) is 0 Å². The van der Waals surface area contributed by atoms with E-state index in [1.165, 1.54) is 59.7 Å². The molecule has 2 rings (SSSR count). The van der Waals surface area contributed by atoms with E-state index in [4.69, 9.17) is 0 Å². The molecule has 0 nitrogen and oxygen atoms in total. The molecule has 2 saturated carbocycles. The molecule has 0 aromatic heterocycles. The molecule has 2 aliphatic rings. The van der Waals surface area contributed by atoms with Crippen LogP contribution in [0.4, 0.5) is 0 Å². The normalized spacial score (nSPS) is 36.5. The predicted octanol–water partition coefficient (Wildman–Crippen LogP) is 6.24. The molecule has 19 heavy (non-hydrogen) atoms. The summed E-state index contributed by atoms with van der Waals surface area (Å²) in [6.07, 6.45) is 16.7. The zero-order chi connectivity index (χ0) is 13.7. The van der Waals surface area contributed by atoms with E-state index in [2.05, 4.69) is 20.8 Å². The fourth-order valence-electron chi connectivity index (χ4n) is 4.96. The molecule has 0 saturated heterocycles. The van der Waals surface area contributed by atoms with Gasteiger partial charge in [0.05, 0.1) is 0 Å². The highest BCUT2D eigenvalue weighted by Crippen LogP contribution is 2.55. The first-order chi connectivity index (χ1) is 9.22. The third-order valence-electron chi connectivity index (χ3n) is 6.02. The van der Waals surface area contributed by atoms with Crippen LogP contribution in [0.25, 0.3) is 0 Å². The molecule has 4 unspecified atom stereocenters. The monoisotopic (exact) mass is 282 g/mol. The summed E-state index contributed by atoms with van der Waals surface area (Å²) in [6.45, 7) is 7.40. The first kappa shape index (κ1) is 15.8. The first-order valence-electron chi connectivity index (χ1n) is 8.95. The van der Waals surface area contributed by atoms with Crippen molar-refractivity contribution >= 4 is 8.58 Å². The lowest BCUT2D eigenvalue weighted by atomic mass is 9.71. The van der Waals surface area contributed by atoms with Crippen molar-refractivity contribution in [2.45, 2.75) is 90.6 Å². The standard InChI is InChI=1S/C18H35P/c1-4-16-14-15(3)10-13-18(17(16)19-5-2)11-8-6-7-9-12-18/h15-17,19H,4-14H2,1-3H3. The van der Waals surface area contributed by atoms with Crippen LogP contribution in [0, 0.1) is 17.3 Å². The molecule has 0 amide bonds. The van der Waals surface area contributed by atoms with Crippen LogP contribution in [0.1, 0.15) is 85.0 Å². The summed E-state index contributed by atoms with van der Waals surface area (Å²) in [7, 11) is 1.24. The quantitative estimate of drug-likeness (QED) is 0.537. The van der Waals surface area contributed by atoms with Crippen molar-refractivity contribution in [3.63, 3.8) is 0 Å². The maximum Gasteiger partial charge on any atom is -0.0152 e. The third kappa shape index (κ3) is 3.75. The van der Waals surface area contributed by atoms with Crippen LogP contribution in [-0.4, -0.2) is 11.8 Å². The average Bonchev–Trinajstić information content (AvgIpc) is 2.72. The second kappa shape index (κ2) is 7.44. The Kier molecular flexibility index (Phi) is 6.19. The Balaban J connectivity index is 2.23. The van der Waals surface area contributed by atoms with E-state index in [9.17, 15) is 0 Å². The highest BCUT2D eigenvalue weighted by Gasteiger charge is 2.43. The lowest BCUT2D eigenvalue weighted by Crippen LogP contribution is -2.36. The Morgan fingerprint density at radius 3 is 2.26 bits per heavy atom. The van der Waals surface area contributed by atoms with Crippen molar-refractivity contribution in [1.29, 1.82) is 0 Å². The molecule has 1 heteroatoms. The molecule has 0 bridgehead atoms. The van der Waals surface area contributed by atoms with Gasteiger partial charge in [0.1, 0.15) is 0 Å². The number of rotatable bonds is 3. The molecule has 0 N–H and O–H groups in total. The van der Waals surface area contributed by atoms with Crippen LogP contribution >= 0.6 is 8.58 Å².